The van der Waals surface area contributed by atoms with Crippen molar-refractivity contribution in [1.82, 2.24) is 5.32 Å². The van der Waals surface area contributed by atoms with Crippen LogP contribution in [0.1, 0.15) is 18.6 Å². The van der Waals surface area contributed by atoms with E-state index in [4.69, 9.17) is 5.73 Å². The molecule has 1 aromatic carbocycles. The van der Waals surface area contributed by atoms with E-state index in [2.05, 4.69) is 5.32 Å². The Labute approximate surface area is 93.3 Å². The van der Waals surface area contributed by atoms with Crippen molar-refractivity contribution < 1.29 is 14.3 Å². The first-order valence-electron chi connectivity index (χ1n) is 4.97. The normalized spacial score (nSPS) is 14.2. The highest BCUT2D eigenvalue weighted by Gasteiger charge is 2.12. The van der Waals surface area contributed by atoms with Crippen molar-refractivity contribution >= 4 is 5.91 Å². The standard InChI is InChI=1S/C11H15FN2O2/c1-7(13)11(16)14-6-10(15)8-3-2-4-9(12)5-8/h2-5,7,10,15H,6,13H2,1H3,(H,14,16)/t7-,10?/m0/s1. The van der Waals surface area contributed by atoms with E-state index < -0.39 is 18.0 Å². The first-order valence-corrected chi connectivity index (χ1v) is 4.97. The Morgan fingerprint density at radius 3 is 2.88 bits per heavy atom. The Kier molecular flexibility index (Phi) is 4.39. The molecule has 5 heteroatoms. The predicted molar refractivity (Wildman–Crippen MR) is 58.0 cm³/mol. The Bertz CT molecular complexity index is 369. The molecule has 0 fully saturated rings. The van der Waals surface area contributed by atoms with Crippen LogP contribution in [0.5, 0.6) is 0 Å². The average Bonchev–Trinajstić information content (AvgIpc) is 2.25. The van der Waals surface area contributed by atoms with Crippen LogP contribution in [0.15, 0.2) is 24.3 Å². The summed E-state index contributed by atoms with van der Waals surface area (Å²) in [7, 11) is 0. The average molecular weight is 226 g/mol. The highest BCUT2D eigenvalue weighted by atomic mass is 19.1. The van der Waals surface area contributed by atoms with Gasteiger partial charge in [-0.1, -0.05) is 12.1 Å². The summed E-state index contributed by atoms with van der Waals surface area (Å²) in [5.74, 6) is -0.773. The number of carbonyl (C=O) groups is 1. The van der Waals surface area contributed by atoms with Gasteiger partial charge in [0, 0.05) is 6.54 Å². The van der Waals surface area contributed by atoms with Gasteiger partial charge in [-0.05, 0) is 24.6 Å². The van der Waals surface area contributed by atoms with Gasteiger partial charge in [0.25, 0.3) is 0 Å². The fourth-order valence-electron chi connectivity index (χ4n) is 1.19. The van der Waals surface area contributed by atoms with Gasteiger partial charge >= 0.3 is 0 Å². The molecule has 0 aliphatic carbocycles. The van der Waals surface area contributed by atoms with Crippen molar-refractivity contribution in [2.75, 3.05) is 6.54 Å². The zero-order valence-electron chi connectivity index (χ0n) is 8.98. The van der Waals surface area contributed by atoms with Crippen LogP contribution in [0.3, 0.4) is 0 Å². The number of hydrogen-bond acceptors (Lipinski definition) is 3. The molecule has 1 aromatic rings. The number of amides is 1. The maximum atomic E-state index is 12.8. The molecule has 0 aromatic heterocycles. The number of hydrogen-bond donors (Lipinski definition) is 3. The van der Waals surface area contributed by atoms with Crippen molar-refractivity contribution in [1.29, 1.82) is 0 Å². The summed E-state index contributed by atoms with van der Waals surface area (Å²) in [6.07, 6.45) is -0.932. The Morgan fingerprint density at radius 1 is 1.62 bits per heavy atom. The third-order valence-corrected chi connectivity index (χ3v) is 2.12. The number of benzene rings is 1. The van der Waals surface area contributed by atoms with Gasteiger partial charge in [0.1, 0.15) is 5.82 Å². The fourth-order valence-corrected chi connectivity index (χ4v) is 1.19. The highest BCUT2D eigenvalue weighted by Crippen LogP contribution is 2.12. The molecule has 1 amide bonds. The van der Waals surface area contributed by atoms with Gasteiger partial charge < -0.3 is 16.2 Å². The third kappa shape index (κ3) is 3.60. The lowest BCUT2D eigenvalue weighted by atomic mass is 10.1. The molecule has 0 saturated heterocycles. The fraction of sp³-hybridized carbons (Fsp3) is 0.364. The molecule has 0 saturated carbocycles. The van der Waals surface area contributed by atoms with Crippen LogP contribution < -0.4 is 11.1 Å². The van der Waals surface area contributed by atoms with Gasteiger partial charge in [0.2, 0.25) is 5.91 Å². The quantitative estimate of drug-likeness (QED) is 0.692. The van der Waals surface area contributed by atoms with Crippen LogP contribution in [0.25, 0.3) is 0 Å². The summed E-state index contributed by atoms with van der Waals surface area (Å²) in [5, 5.41) is 12.1. The second-order valence-corrected chi connectivity index (χ2v) is 3.60. The molecule has 1 unspecified atom stereocenters. The number of halogens is 1. The predicted octanol–water partition coefficient (Wildman–Crippen LogP) is 0.323. The minimum absolute atomic E-state index is 0.0177. The van der Waals surface area contributed by atoms with Crippen LogP contribution in [-0.4, -0.2) is 23.6 Å². The molecule has 4 nitrogen and oxygen atoms in total. The lowest BCUT2D eigenvalue weighted by Gasteiger charge is -2.13. The molecule has 0 bridgehead atoms. The summed E-state index contributed by atoms with van der Waals surface area (Å²) < 4.78 is 12.8. The van der Waals surface area contributed by atoms with E-state index in [0.29, 0.717) is 5.56 Å². The van der Waals surface area contributed by atoms with Crippen molar-refractivity contribution in [3.05, 3.63) is 35.6 Å². The monoisotopic (exact) mass is 226 g/mol. The molecule has 0 aliphatic heterocycles. The maximum Gasteiger partial charge on any atom is 0.236 e. The van der Waals surface area contributed by atoms with Crippen molar-refractivity contribution in [2.45, 2.75) is 19.1 Å². The Hall–Kier alpha value is -1.46. The summed E-state index contributed by atoms with van der Waals surface area (Å²) in [4.78, 5) is 11.1. The maximum absolute atomic E-state index is 12.8. The van der Waals surface area contributed by atoms with E-state index in [1.54, 1.807) is 13.0 Å². The van der Waals surface area contributed by atoms with Crippen LogP contribution in [0.2, 0.25) is 0 Å². The molecule has 0 heterocycles. The summed E-state index contributed by atoms with van der Waals surface area (Å²) in [5.41, 5.74) is 5.75. The molecule has 1 rings (SSSR count). The minimum Gasteiger partial charge on any atom is -0.387 e. The summed E-state index contributed by atoms with van der Waals surface area (Å²) in [6, 6.07) is 4.98. The molecule has 16 heavy (non-hydrogen) atoms. The number of rotatable bonds is 4. The van der Waals surface area contributed by atoms with E-state index in [-0.39, 0.29) is 12.5 Å². The summed E-state index contributed by atoms with van der Waals surface area (Å²) in [6.45, 7) is 1.56. The van der Waals surface area contributed by atoms with Crippen molar-refractivity contribution in [3.8, 4) is 0 Å². The van der Waals surface area contributed by atoms with E-state index >= 15 is 0 Å². The van der Waals surface area contributed by atoms with Gasteiger partial charge in [-0.2, -0.15) is 0 Å². The smallest absolute Gasteiger partial charge is 0.236 e. The van der Waals surface area contributed by atoms with Crippen LogP contribution >= 0.6 is 0 Å². The number of nitrogens with one attached hydrogen (secondary N) is 1. The second-order valence-electron chi connectivity index (χ2n) is 3.60. The third-order valence-electron chi connectivity index (χ3n) is 2.12. The van der Waals surface area contributed by atoms with Gasteiger partial charge in [0.05, 0.1) is 12.1 Å². The Morgan fingerprint density at radius 2 is 2.31 bits per heavy atom. The molecular weight excluding hydrogens is 211 g/mol. The van der Waals surface area contributed by atoms with Crippen LogP contribution in [0, 0.1) is 5.82 Å². The molecule has 2 atom stereocenters. The van der Waals surface area contributed by atoms with Crippen LogP contribution in [-0.2, 0) is 4.79 Å². The molecular formula is C11H15FN2O2. The van der Waals surface area contributed by atoms with E-state index in [9.17, 15) is 14.3 Å². The molecule has 4 N–H and O–H groups in total. The van der Waals surface area contributed by atoms with Gasteiger partial charge in [0.15, 0.2) is 0 Å². The second kappa shape index (κ2) is 5.58. The van der Waals surface area contributed by atoms with Gasteiger partial charge in [-0.25, -0.2) is 4.39 Å². The molecule has 0 aliphatic rings. The zero-order valence-corrected chi connectivity index (χ0v) is 8.98. The highest BCUT2D eigenvalue weighted by molar-refractivity contribution is 5.80. The lowest BCUT2D eigenvalue weighted by molar-refractivity contribution is -0.122. The van der Waals surface area contributed by atoms with E-state index in [1.807, 2.05) is 0 Å². The minimum atomic E-state index is -0.932. The zero-order chi connectivity index (χ0) is 12.1. The number of carbonyl (C=O) groups excluding carboxylic acids is 1. The Balaban J connectivity index is 2.53. The van der Waals surface area contributed by atoms with E-state index in [0.717, 1.165) is 0 Å². The van der Waals surface area contributed by atoms with E-state index in [1.165, 1.54) is 18.2 Å². The number of aliphatic hydroxyl groups excluding tert-OH is 1. The first-order chi connectivity index (χ1) is 7.50. The van der Waals surface area contributed by atoms with Gasteiger partial charge in [-0.15, -0.1) is 0 Å². The van der Waals surface area contributed by atoms with Crippen molar-refractivity contribution in [2.24, 2.45) is 5.73 Å². The van der Waals surface area contributed by atoms with Gasteiger partial charge in [-0.3, -0.25) is 4.79 Å². The van der Waals surface area contributed by atoms with Crippen LogP contribution in [0.4, 0.5) is 4.39 Å². The summed E-state index contributed by atoms with van der Waals surface area (Å²) >= 11 is 0. The number of nitrogens with two attached hydrogens (primary N) is 1. The lowest BCUT2D eigenvalue weighted by Crippen LogP contribution is -2.40. The largest absolute Gasteiger partial charge is 0.387 e. The molecule has 88 valence electrons. The molecule has 0 spiro atoms. The molecule has 0 radical (unpaired) electrons. The SMILES string of the molecule is C[C@H](N)C(=O)NCC(O)c1cccc(F)c1. The first kappa shape index (κ1) is 12.6. The number of aliphatic hydroxyl groups is 1. The van der Waals surface area contributed by atoms with Crippen molar-refractivity contribution in [3.63, 3.8) is 0 Å². The topological polar surface area (TPSA) is 75.4 Å².